The molecule has 0 amide bonds. The summed E-state index contributed by atoms with van der Waals surface area (Å²) in [6.45, 7) is 5.21. The first-order valence-electron chi connectivity index (χ1n) is 5.68. The Balaban J connectivity index is 2.01. The Bertz CT molecular complexity index is 409. The summed E-state index contributed by atoms with van der Waals surface area (Å²) in [7, 11) is 0. The number of nitrogens with zero attached hydrogens (tertiary/aromatic N) is 2. The van der Waals surface area contributed by atoms with Gasteiger partial charge in [0.25, 0.3) is 0 Å². The Hall–Kier alpha value is -2.09. The number of hydrogen-bond donors (Lipinski definition) is 0. The molecule has 0 bridgehead atoms. The maximum atomic E-state index is 4.06. The van der Waals surface area contributed by atoms with Crippen LogP contribution in [-0.4, -0.2) is 11.7 Å². The third-order valence-corrected chi connectivity index (χ3v) is 2.62. The molecular formula is C15H16N2. The fourth-order valence-corrected chi connectivity index (χ4v) is 1.74. The van der Waals surface area contributed by atoms with Gasteiger partial charge in [0.1, 0.15) is 0 Å². The van der Waals surface area contributed by atoms with Crippen LogP contribution in [0.2, 0.25) is 0 Å². The lowest BCUT2D eigenvalue weighted by atomic mass is 10.2. The highest BCUT2D eigenvalue weighted by Crippen LogP contribution is 2.09. The molecule has 0 N–H and O–H groups in total. The second-order valence-corrected chi connectivity index (χ2v) is 3.94. The summed E-state index contributed by atoms with van der Waals surface area (Å²) in [5, 5.41) is 6.02. The quantitative estimate of drug-likeness (QED) is 0.562. The summed E-state index contributed by atoms with van der Waals surface area (Å²) in [6, 6.07) is 20.6. The van der Waals surface area contributed by atoms with Crippen LogP contribution in [0.5, 0.6) is 0 Å². The van der Waals surface area contributed by atoms with Gasteiger partial charge in [0.2, 0.25) is 0 Å². The van der Waals surface area contributed by atoms with Crippen LogP contribution < -0.4 is 0 Å². The van der Waals surface area contributed by atoms with E-state index in [0.717, 1.165) is 13.1 Å². The van der Waals surface area contributed by atoms with E-state index in [2.05, 4.69) is 36.1 Å². The molecular weight excluding hydrogens is 208 g/mol. The monoisotopic (exact) mass is 224 g/mol. The van der Waals surface area contributed by atoms with E-state index in [1.165, 1.54) is 11.1 Å². The fraction of sp³-hybridized carbons (Fsp3) is 0.133. The maximum absolute atomic E-state index is 4.06. The van der Waals surface area contributed by atoms with Crippen LogP contribution >= 0.6 is 0 Å². The number of rotatable bonds is 5. The average Bonchev–Trinajstić information content (AvgIpc) is 2.40. The molecule has 17 heavy (non-hydrogen) atoms. The molecule has 0 aliphatic carbocycles. The second kappa shape index (κ2) is 5.85. The lowest BCUT2D eigenvalue weighted by molar-refractivity contribution is 0.273. The molecule has 0 aliphatic heterocycles. The smallest absolute Gasteiger partial charge is 0.0614 e. The third kappa shape index (κ3) is 3.45. The van der Waals surface area contributed by atoms with Gasteiger partial charge >= 0.3 is 0 Å². The van der Waals surface area contributed by atoms with E-state index in [0.29, 0.717) is 0 Å². The molecule has 0 saturated heterocycles. The van der Waals surface area contributed by atoms with E-state index in [4.69, 9.17) is 0 Å². The molecule has 0 fully saturated rings. The van der Waals surface area contributed by atoms with Crippen LogP contribution in [0.3, 0.4) is 0 Å². The first kappa shape index (κ1) is 11.4. The normalized spacial score (nSPS) is 9.88. The topological polar surface area (TPSA) is 15.6 Å². The Morgan fingerprint density at radius 1 is 0.765 bits per heavy atom. The molecule has 0 radical (unpaired) electrons. The molecule has 2 nitrogen and oxygen atoms in total. The van der Waals surface area contributed by atoms with Crippen molar-refractivity contribution in [1.82, 2.24) is 5.01 Å². The van der Waals surface area contributed by atoms with Crippen molar-refractivity contribution in [2.24, 2.45) is 5.10 Å². The summed E-state index contributed by atoms with van der Waals surface area (Å²) in [5.41, 5.74) is 2.49. The van der Waals surface area contributed by atoms with Crippen molar-refractivity contribution in [1.29, 1.82) is 0 Å². The van der Waals surface area contributed by atoms with Crippen molar-refractivity contribution in [3.8, 4) is 0 Å². The molecule has 86 valence electrons. The molecule has 2 aromatic carbocycles. The Morgan fingerprint density at radius 2 is 1.18 bits per heavy atom. The van der Waals surface area contributed by atoms with Crippen LogP contribution in [0.1, 0.15) is 11.1 Å². The summed E-state index contributed by atoms with van der Waals surface area (Å²) in [5.74, 6) is 0. The van der Waals surface area contributed by atoms with E-state index >= 15 is 0 Å². The molecule has 0 unspecified atom stereocenters. The van der Waals surface area contributed by atoms with Gasteiger partial charge in [0, 0.05) is 6.72 Å². The zero-order valence-corrected chi connectivity index (χ0v) is 9.79. The minimum absolute atomic E-state index is 0.791. The largest absolute Gasteiger partial charge is 0.289 e. The average molecular weight is 224 g/mol. The summed E-state index contributed by atoms with van der Waals surface area (Å²) in [4.78, 5) is 0. The van der Waals surface area contributed by atoms with Gasteiger partial charge in [0.15, 0.2) is 0 Å². The highest BCUT2D eigenvalue weighted by atomic mass is 15.4. The van der Waals surface area contributed by atoms with Crippen molar-refractivity contribution in [3.05, 3.63) is 71.8 Å². The molecule has 0 spiro atoms. The van der Waals surface area contributed by atoms with Crippen molar-refractivity contribution in [2.45, 2.75) is 13.1 Å². The van der Waals surface area contributed by atoms with Crippen molar-refractivity contribution >= 4 is 6.72 Å². The van der Waals surface area contributed by atoms with Crippen LogP contribution in [0, 0.1) is 0 Å². The zero-order valence-electron chi connectivity index (χ0n) is 9.79. The molecule has 0 aromatic heterocycles. The zero-order chi connectivity index (χ0) is 11.9. The van der Waals surface area contributed by atoms with E-state index in [1.807, 2.05) is 41.4 Å². The highest BCUT2D eigenvalue weighted by Gasteiger charge is 2.02. The van der Waals surface area contributed by atoms with Gasteiger partial charge in [-0.15, -0.1) is 0 Å². The van der Waals surface area contributed by atoms with Crippen molar-refractivity contribution in [2.75, 3.05) is 0 Å². The first-order chi connectivity index (χ1) is 8.38. The van der Waals surface area contributed by atoms with E-state index in [-0.39, 0.29) is 0 Å². The summed E-state index contributed by atoms with van der Waals surface area (Å²) in [6.07, 6.45) is 0. The second-order valence-electron chi connectivity index (χ2n) is 3.94. The number of hydrazone groups is 1. The number of benzene rings is 2. The minimum atomic E-state index is 0.791. The van der Waals surface area contributed by atoms with Gasteiger partial charge in [-0.2, -0.15) is 5.10 Å². The molecule has 0 atom stereocenters. The SMILES string of the molecule is C=NN(Cc1ccccc1)Cc1ccccc1. The predicted molar refractivity (Wildman–Crippen MR) is 71.7 cm³/mol. The molecule has 0 saturated carbocycles. The van der Waals surface area contributed by atoms with Crippen LogP contribution in [0.4, 0.5) is 0 Å². The van der Waals surface area contributed by atoms with Gasteiger partial charge in [-0.05, 0) is 11.1 Å². The first-order valence-corrected chi connectivity index (χ1v) is 5.68. The van der Waals surface area contributed by atoms with E-state index in [9.17, 15) is 0 Å². The molecule has 2 heteroatoms. The highest BCUT2D eigenvalue weighted by molar-refractivity contribution is 5.23. The van der Waals surface area contributed by atoms with E-state index in [1.54, 1.807) is 0 Å². The van der Waals surface area contributed by atoms with Crippen LogP contribution in [0.25, 0.3) is 0 Å². The third-order valence-electron chi connectivity index (χ3n) is 2.62. The van der Waals surface area contributed by atoms with Gasteiger partial charge < -0.3 is 0 Å². The summed E-state index contributed by atoms with van der Waals surface area (Å²) < 4.78 is 0. The molecule has 2 aromatic rings. The lowest BCUT2D eigenvalue weighted by Gasteiger charge is -2.18. The van der Waals surface area contributed by atoms with Crippen molar-refractivity contribution < 1.29 is 0 Å². The molecule has 0 heterocycles. The van der Waals surface area contributed by atoms with Crippen molar-refractivity contribution in [3.63, 3.8) is 0 Å². The predicted octanol–water partition coefficient (Wildman–Crippen LogP) is 3.30. The fourth-order valence-electron chi connectivity index (χ4n) is 1.74. The van der Waals surface area contributed by atoms with E-state index < -0.39 is 0 Å². The standard InChI is InChI=1S/C15H16N2/c1-16-17(12-14-8-4-2-5-9-14)13-15-10-6-3-7-11-15/h2-11H,1,12-13H2. The molecule has 0 aliphatic rings. The van der Waals surface area contributed by atoms with Crippen LogP contribution in [0.15, 0.2) is 65.8 Å². The summed E-state index contributed by atoms with van der Waals surface area (Å²) >= 11 is 0. The van der Waals surface area contributed by atoms with Gasteiger partial charge in [-0.1, -0.05) is 60.7 Å². The van der Waals surface area contributed by atoms with Gasteiger partial charge in [-0.25, -0.2) is 0 Å². The molecule has 2 rings (SSSR count). The lowest BCUT2D eigenvalue weighted by Crippen LogP contribution is -2.15. The Morgan fingerprint density at radius 3 is 1.53 bits per heavy atom. The number of hydrogen-bond acceptors (Lipinski definition) is 2. The Kier molecular flexibility index (Phi) is 3.92. The minimum Gasteiger partial charge on any atom is -0.289 e. The van der Waals surface area contributed by atoms with Gasteiger partial charge in [-0.3, -0.25) is 5.01 Å². The maximum Gasteiger partial charge on any atom is 0.0614 e. The van der Waals surface area contributed by atoms with Crippen LogP contribution in [-0.2, 0) is 13.1 Å². The Labute approximate surface area is 102 Å². The van der Waals surface area contributed by atoms with Gasteiger partial charge in [0.05, 0.1) is 13.1 Å².